The van der Waals surface area contributed by atoms with E-state index in [1.807, 2.05) is 11.3 Å². The predicted octanol–water partition coefficient (Wildman–Crippen LogP) is 4.77. The molecule has 1 nitrogen and oxygen atoms in total. The Bertz CT molecular complexity index is 611. The lowest BCUT2D eigenvalue weighted by Gasteiger charge is -2.00. The van der Waals surface area contributed by atoms with E-state index in [1.54, 1.807) is 11.3 Å². The molecule has 0 fully saturated rings. The lowest BCUT2D eigenvalue weighted by Crippen LogP contribution is -2.10. The molecule has 0 saturated heterocycles. The van der Waals surface area contributed by atoms with Crippen LogP contribution in [0.15, 0.2) is 58.6 Å². The standard InChI is InChI=1S/C16H15NS2/c1-2-4-14(5-3-1)15-8-16(19-12-15)10-17-9-13-6-7-18-11-13/h1-8,11-12,17H,9-10H2. The zero-order chi connectivity index (χ0) is 12.9. The van der Waals surface area contributed by atoms with E-state index in [2.05, 4.69) is 63.9 Å². The van der Waals surface area contributed by atoms with Gasteiger partial charge in [-0.3, -0.25) is 0 Å². The largest absolute Gasteiger partial charge is 0.308 e. The summed E-state index contributed by atoms with van der Waals surface area (Å²) >= 11 is 3.57. The van der Waals surface area contributed by atoms with Crippen LogP contribution in [0.1, 0.15) is 10.4 Å². The van der Waals surface area contributed by atoms with Gasteiger partial charge in [0.1, 0.15) is 0 Å². The summed E-state index contributed by atoms with van der Waals surface area (Å²) in [4.78, 5) is 1.38. The van der Waals surface area contributed by atoms with Gasteiger partial charge < -0.3 is 5.32 Å². The molecule has 3 rings (SSSR count). The molecule has 96 valence electrons. The van der Waals surface area contributed by atoms with Crippen LogP contribution in [0, 0.1) is 0 Å². The van der Waals surface area contributed by atoms with Gasteiger partial charge in [0.15, 0.2) is 0 Å². The fourth-order valence-corrected chi connectivity index (χ4v) is 3.51. The van der Waals surface area contributed by atoms with Crippen molar-refractivity contribution in [1.29, 1.82) is 0 Å². The maximum Gasteiger partial charge on any atom is 0.0303 e. The third-order valence-electron chi connectivity index (χ3n) is 2.97. The Morgan fingerprint density at radius 2 is 1.79 bits per heavy atom. The van der Waals surface area contributed by atoms with Crippen molar-refractivity contribution in [3.8, 4) is 11.1 Å². The quantitative estimate of drug-likeness (QED) is 0.712. The fourth-order valence-electron chi connectivity index (χ4n) is 1.98. The van der Waals surface area contributed by atoms with E-state index >= 15 is 0 Å². The SMILES string of the molecule is c1ccc(-c2csc(CNCc3ccsc3)c2)cc1. The van der Waals surface area contributed by atoms with Gasteiger partial charge in [-0.1, -0.05) is 30.3 Å². The fraction of sp³-hybridized carbons (Fsp3) is 0.125. The van der Waals surface area contributed by atoms with Crippen LogP contribution in [-0.4, -0.2) is 0 Å². The van der Waals surface area contributed by atoms with Gasteiger partial charge in [-0.2, -0.15) is 11.3 Å². The highest BCUT2D eigenvalue weighted by atomic mass is 32.1. The summed E-state index contributed by atoms with van der Waals surface area (Å²) in [5, 5.41) is 10.0. The smallest absolute Gasteiger partial charge is 0.0303 e. The molecular weight excluding hydrogens is 270 g/mol. The minimum Gasteiger partial charge on any atom is -0.308 e. The van der Waals surface area contributed by atoms with Gasteiger partial charge in [0.2, 0.25) is 0 Å². The molecule has 1 N–H and O–H groups in total. The van der Waals surface area contributed by atoms with Crippen LogP contribution in [0.2, 0.25) is 0 Å². The molecule has 3 heteroatoms. The summed E-state index contributed by atoms with van der Waals surface area (Å²) in [5.74, 6) is 0. The van der Waals surface area contributed by atoms with E-state index in [4.69, 9.17) is 0 Å². The molecule has 2 aromatic heterocycles. The molecule has 0 aliphatic heterocycles. The summed E-state index contributed by atoms with van der Waals surface area (Å²) in [6.45, 7) is 1.88. The molecule has 0 aliphatic rings. The second-order valence-corrected chi connectivity index (χ2v) is 6.18. The highest BCUT2D eigenvalue weighted by Crippen LogP contribution is 2.25. The predicted molar refractivity (Wildman–Crippen MR) is 84.6 cm³/mol. The van der Waals surface area contributed by atoms with Crippen molar-refractivity contribution < 1.29 is 0 Å². The topological polar surface area (TPSA) is 12.0 Å². The average Bonchev–Trinajstić information content (AvgIpc) is 3.11. The van der Waals surface area contributed by atoms with Crippen molar-refractivity contribution in [2.24, 2.45) is 0 Å². The first-order valence-electron chi connectivity index (χ1n) is 6.26. The summed E-state index contributed by atoms with van der Waals surface area (Å²) < 4.78 is 0. The van der Waals surface area contributed by atoms with Gasteiger partial charge in [-0.15, -0.1) is 11.3 Å². The van der Waals surface area contributed by atoms with Gasteiger partial charge >= 0.3 is 0 Å². The zero-order valence-electron chi connectivity index (χ0n) is 10.5. The monoisotopic (exact) mass is 285 g/mol. The first-order chi connectivity index (χ1) is 9.42. The molecule has 0 aliphatic carbocycles. The Labute approximate surface area is 121 Å². The molecule has 0 radical (unpaired) electrons. The van der Waals surface area contributed by atoms with Crippen LogP contribution in [0.4, 0.5) is 0 Å². The lowest BCUT2D eigenvalue weighted by atomic mass is 10.1. The van der Waals surface area contributed by atoms with E-state index in [0.29, 0.717) is 0 Å². The third-order valence-corrected chi connectivity index (χ3v) is 4.64. The lowest BCUT2D eigenvalue weighted by molar-refractivity contribution is 0.703. The molecule has 0 unspecified atom stereocenters. The highest BCUT2D eigenvalue weighted by molar-refractivity contribution is 7.10. The van der Waals surface area contributed by atoms with E-state index in [-0.39, 0.29) is 0 Å². The van der Waals surface area contributed by atoms with E-state index in [9.17, 15) is 0 Å². The molecule has 1 aromatic carbocycles. The van der Waals surface area contributed by atoms with Crippen molar-refractivity contribution >= 4 is 22.7 Å². The number of hydrogen-bond acceptors (Lipinski definition) is 3. The maximum atomic E-state index is 3.49. The third kappa shape index (κ3) is 3.32. The number of hydrogen-bond donors (Lipinski definition) is 1. The molecule has 0 atom stereocenters. The number of rotatable bonds is 5. The Hall–Kier alpha value is -1.42. The number of benzene rings is 1. The first-order valence-corrected chi connectivity index (χ1v) is 8.09. The second kappa shape index (κ2) is 6.15. The van der Waals surface area contributed by atoms with Gasteiger partial charge in [-0.05, 0) is 45.0 Å². The minimum absolute atomic E-state index is 0.938. The number of nitrogens with one attached hydrogen (secondary N) is 1. The van der Waals surface area contributed by atoms with E-state index in [0.717, 1.165) is 13.1 Å². The normalized spacial score (nSPS) is 10.7. The number of thiophene rings is 2. The Morgan fingerprint density at radius 1 is 0.895 bits per heavy atom. The average molecular weight is 285 g/mol. The molecule has 0 spiro atoms. The van der Waals surface area contributed by atoms with Gasteiger partial charge in [-0.25, -0.2) is 0 Å². The molecule has 0 bridgehead atoms. The van der Waals surface area contributed by atoms with Crippen molar-refractivity contribution in [1.82, 2.24) is 5.32 Å². The van der Waals surface area contributed by atoms with Crippen molar-refractivity contribution in [3.05, 3.63) is 69.0 Å². The first kappa shape index (κ1) is 12.6. The summed E-state index contributed by atoms with van der Waals surface area (Å²) in [7, 11) is 0. The Balaban J connectivity index is 1.59. The molecule has 0 saturated carbocycles. The van der Waals surface area contributed by atoms with Crippen LogP contribution in [-0.2, 0) is 13.1 Å². The van der Waals surface area contributed by atoms with Gasteiger partial charge in [0.05, 0.1) is 0 Å². The van der Waals surface area contributed by atoms with Gasteiger partial charge in [0.25, 0.3) is 0 Å². The van der Waals surface area contributed by atoms with Gasteiger partial charge in [0, 0.05) is 18.0 Å². The summed E-state index contributed by atoms with van der Waals surface area (Å²) in [6.07, 6.45) is 0. The summed E-state index contributed by atoms with van der Waals surface area (Å²) in [5.41, 5.74) is 3.98. The van der Waals surface area contributed by atoms with Crippen LogP contribution in [0.3, 0.4) is 0 Å². The Morgan fingerprint density at radius 3 is 2.58 bits per heavy atom. The molecule has 3 aromatic rings. The van der Waals surface area contributed by atoms with Crippen LogP contribution in [0.5, 0.6) is 0 Å². The second-order valence-electron chi connectivity index (χ2n) is 4.40. The molecule has 0 amide bonds. The summed E-state index contributed by atoms with van der Waals surface area (Å²) in [6, 6.07) is 15.0. The van der Waals surface area contributed by atoms with Crippen LogP contribution in [0.25, 0.3) is 11.1 Å². The van der Waals surface area contributed by atoms with E-state index < -0.39 is 0 Å². The van der Waals surface area contributed by atoms with Crippen molar-refractivity contribution in [3.63, 3.8) is 0 Å². The molecule has 19 heavy (non-hydrogen) atoms. The van der Waals surface area contributed by atoms with Crippen molar-refractivity contribution in [2.75, 3.05) is 0 Å². The van der Waals surface area contributed by atoms with Crippen LogP contribution < -0.4 is 5.32 Å². The highest BCUT2D eigenvalue weighted by Gasteiger charge is 2.02. The maximum absolute atomic E-state index is 3.49. The van der Waals surface area contributed by atoms with Crippen LogP contribution >= 0.6 is 22.7 Å². The molecule has 2 heterocycles. The van der Waals surface area contributed by atoms with E-state index in [1.165, 1.54) is 21.6 Å². The minimum atomic E-state index is 0.938. The Kier molecular flexibility index (Phi) is 4.08. The molecular formula is C16H15NS2. The van der Waals surface area contributed by atoms with Crippen molar-refractivity contribution in [2.45, 2.75) is 13.1 Å². The zero-order valence-corrected chi connectivity index (χ0v) is 12.1.